The van der Waals surface area contributed by atoms with E-state index in [1.54, 1.807) is 0 Å². The molecule has 0 aliphatic carbocycles. The Labute approximate surface area is 120 Å². The van der Waals surface area contributed by atoms with Crippen LogP contribution in [0.15, 0.2) is 24.3 Å². The van der Waals surface area contributed by atoms with Crippen molar-refractivity contribution >= 4 is 24.0 Å². The average molecular weight is 313 g/mol. The Bertz CT molecular complexity index is 441. The van der Waals surface area contributed by atoms with Crippen LogP contribution in [-0.2, 0) is 4.79 Å². The lowest BCUT2D eigenvalue weighted by atomic mass is 10.1. The van der Waals surface area contributed by atoms with E-state index in [2.05, 4.69) is 10.1 Å². The van der Waals surface area contributed by atoms with Crippen LogP contribution in [0.4, 0.5) is 18.9 Å². The molecule has 8 heteroatoms. The minimum Gasteiger partial charge on any atom is -0.404 e. The first-order chi connectivity index (χ1) is 8.83. The Morgan fingerprint density at radius 1 is 1.40 bits per heavy atom. The van der Waals surface area contributed by atoms with Crippen molar-refractivity contribution in [3.05, 3.63) is 24.3 Å². The highest BCUT2D eigenvalue weighted by Gasteiger charge is 2.32. The van der Waals surface area contributed by atoms with Gasteiger partial charge >= 0.3 is 6.36 Å². The summed E-state index contributed by atoms with van der Waals surface area (Å²) < 4.78 is 40.4. The van der Waals surface area contributed by atoms with Crippen LogP contribution in [-0.4, -0.2) is 18.3 Å². The molecule has 0 heterocycles. The topological polar surface area (TPSA) is 64.4 Å². The molecule has 0 aliphatic rings. The largest absolute Gasteiger partial charge is 0.573 e. The van der Waals surface area contributed by atoms with Crippen molar-refractivity contribution in [1.82, 2.24) is 0 Å². The lowest BCUT2D eigenvalue weighted by molar-refractivity contribution is -0.274. The quantitative estimate of drug-likeness (QED) is 0.878. The van der Waals surface area contributed by atoms with E-state index < -0.39 is 24.1 Å². The van der Waals surface area contributed by atoms with Gasteiger partial charge in [0, 0.05) is 0 Å². The number of rotatable bonds is 5. The third-order valence-corrected chi connectivity index (χ3v) is 2.31. The number of hydrogen-bond acceptors (Lipinski definition) is 3. The summed E-state index contributed by atoms with van der Waals surface area (Å²) >= 11 is 0. The molecule has 3 N–H and O–H groups in total. The van der Waals surface area contributed by atoms with Crippen LogP contribution in [0.5, 0.6) is 5.75 Å². The minimum atomic E-state index is -4.81. The zero-order valence-electron chi connectivity index (χ0n) is 10.7. The van der Waals surface area contributed by atoms with Gasteiger partial charge in [0.2, 0.25) is 5.91 Å². The summed E-state index contributed by atoms with van der Waals surface area (Å²) in [4.78, 5) is 11.6. The van der Waals surface area contributed by atoms with E-state index in [-0.39, 0.29) is 18.1 Å². The fourth-order valence-electron chi connectivity index (χ4n) is 1.45. The standard InChI is InChI=1S/C12H15F3N2O2.ClH/c1-2-5-8(16)11(18)17-9-6-3-4-7-10(9)19-12(13,14)15;/h3-4,6-8H,2,5,16H2,1H3,(H,17,18);1H. The molecule has 0 fully saturated rings. The Hall–Kier alpha value is -1.47. The maximum Gasteiger partial charge on any atom is 0.573 e. The molecule has 1 aromatic rings. The number of alkyl halides is 3. The monoisotopic (exact) mass is 312 g/mol. The van der Waals surface area contributed by atoms with E-state index in [0.29, 0.717) is 12.8 Å². The van der Waals surface area contributed by atoms with E-state index in [9.17, 15) is 18.0 Å². The zero-order chi connectivity index (χ0) is 14.5. The molecule has 1 rings (SSSR count). The average Bonchev–Trinajstić information content (AvgIpc) is 2.30. The summed E-state index contributed by atoms with van der Waals surface area (Å²) in [5, 5.41) is 2.33. The van der Waals surface area contributed by atoms with Gasteiger partial charge in [0.15, 0.2) is 5.75 Å². The number of ether oxygens (including phenoxy) is 1. The molecule has 0 aromatic heterocycles. The van der Waals surface area contributed by atoms with Crippen molar-refractivity contribution in [2.45, 2.75) is 32.2 Å². The lowest BCUT2D eigenvalue weighted by Crippen LogP contribution is -2.35. The van der Waals surface area contributed by atoms with Crippen LogP contribution in [0, 0.1) is 0 Å². The van der Waals surface area contributed by atoms with E-state index >= 15 is 0 Å². The predicted molar refractivity (Wildman–Crippen MR) is 71.9 cm³/mol. The van der Waals surface area contributed by atoms with Gasteiger partial charge in [-0.05, 0) is 18.6 Å². The molecule has 0 saturated carbocycles. The van der Waals surface area contributed by atoms with Gasteiger partial charge in [0.1, 0.15) is 0 Å². The summed E-state index contributed by atoms with van der Waals surface area (Å²) in [5.74, 6) is -1.01. The van der Waals surface area contributed by atoms with E-state index in [4.69, 9.17) is 5.73 Å². The number of para-hydroxylation sites is 2. The summed E-state index contributed by atoms with van der Waals surface area (Å²) in [6.07, 6.45) is -3.66. The zero-order valence-corrected chi connectivity index (χ0v) is 11.6. The summed E-state index contributed by atoms with van der Waals surface area (Å²) in [6.45, 7) is 1.86. The minimum absolute atomic E-state index is 0. The maximum atomic E-state index is 12.2. The van der Waals surface area contributed by atoms with Gasteiger partial charge in [-0.1, -0.05) is 25.5 Å². The summed E-state index contributed by atoms with van der Waals surface area (Å²) in [7, 11) is 0. The summed E-state index contributed by atoms with van der Waals surface area (Å²) in [6, 6.07) is 4.54. The molecule has 1 amide bonds. The van der Waals surface area contributed by atoms with Crippen molar-refractivity contribution in [3.63, 3.8) is 0 Å². The second-order valence-corrected chi connectivity index (χ2v) is 3.93. The number of nitrogens with two attached hydrogens (primary N) is 1. The van der Waals surface area contributed by atoms with Gasteiger partial charge < -0.3 is 15.8 Å². The number of benzene rings is 1. The van der Waals surface area contributed by atoms with Crippen molar-refractivity contribution in [3.8, 4) is 5.75 Å². The molecule has 0 aliphatic heterocycles. The molecule has 114 valence electrons. The SMILES string of the molecule is CCCC(N)C(=O)Nc1ccccc1OC(F)(F)F.Cl. The Kier molecular flexibility index (Phi) is 7.38. The van der Waals surface area contributed by atoms with Gasteiger partial charge in [-0.3, -0.25) is 4.79 Å². The molecule has 1 unspecified atom stereocenters. The lowest BCUT2D eigenvalue weighted by Gasteiger charge is -2.15. The Balaban J connectivity index is 0.00000361. The molecule has 0 radical (unpaired) electrons. The second kappa shape index (κ2) is 7.96. The normalized spacial score (nSPS) is 12.2. The molecule has 1 aromatic carbocycles. The van der Waals surface area contributed by atoms with Crippen LogP contribution >= 0.6 is 12.4 Å². The van der Waals surface area contributed by atoms with Crippen LogP contribution in [0.1, 0.15) is 19.8 Å². The van der Waals surface area contributed by atoms with Gasteiger partial charge in [-0.15, -0.1) is 25.6 Å². The van der Waals surface area contributed by atoms with Crippen LogP contribution in [0.3, 0.4) is 0 Å². The number of carbonyl (C=O) groups is 1. The molecule has 4 nitrogen and oxygen atoms in total. The molecule has 0 saturated heterocycles. The number of carbonyl (C=O) groups excluding carboxylic acids is 1. The number of halogens is 4. The molecular formula is C12H16ClF3N2O2. The number of anilines is 1. The smallest absolute Gasteiger partial charge is 0.404 e. The first-order valence-corrected chi connectivity index (χ1v) is 5.74. The highest BCUT2D eigenvalue weighted by molar-refractivity contribution is 5.95. The van der Waals surface area contributed by atoms with E-state index in [0.717, 1.165) is 6.07 Å². The second-order valence-electron chi connectivity index (χ2n) is 3.93. The molecular weight excluding hydrogens is 297 g/mol. The van der Waals surface area contributed by atoms with E-state index in [1.807, 2.05) is 6.92 Å². The molecule has 0 bridgehead atoms. The molecule has 20 heavy (non-hydrogen) atoms. The first kappa shape index (κ1) is 18.5. The number of amides is 1. The molecule has 1 atom stereocenters. The van der Waals surface area contributed by atoms with Crippen molar-refractivity contribution in [2.75, 3.05) is 5.32 Å². The van der Waals surface area contributed by atoms with Crippen LogP contribution in [0.2, 0.25) is 0 Å². The third kappa shape index (κ3) is 6.12. The van der Waals surface area contributed by atoms with Gasteiger partial charge in [0.25, 0.3) is 0 Å². The van der Waals surface area contributed by atoms with Crippen molar-refractivity contribution in [2.24, 2.45) is 5.73 Å². The van der Waals surface area contributed by atoms with Crippen LogP contribution < -0.4 is 15.8 Å². The highest BCUT2D eigenvalue weighted by Crippen LogP contribution is 2.29. The van der Waals surface area contributed by atoms with Crippen molar-refractivity contribution in [1.29, 1.82) is 0 Å². The third-order valence-electron chi connectivity index (χ3n) is 2.31. The molecule has 0 spiro atoms. The van der Waals surface area contributed by atoms with Gasteiger partial charge in [0.05, 0.1) is 11.7 Å². The Morgan fingerprint density at radius 2 is 2.00 bits per heavy atom. The van der Waals surface area contributed by atoms with Crippen LogP contribution in [0.25, 0.3) is 0 Å². The highest BCUT2D eigenvalue weighted by atomic mass is 35.5. The fraction of sp³-hybridized carbons (Fsp3) is 0.417. The summed E-state index contributed by atoms with van der Waals surface area (Å²) in [5.41, 5.74) is 5.52. The Morgan fingerprint density at radius 3 is 2.55 bits per heavy atom. The number of nitrogens with one attached hydrogen (secondary N) is 1. The van der Waals surface area contributed by atoms with Crippen molar-refractivity contribution < 1.29 is 22.7 Å². The van der Waals surface area contributed by atoms with Gasteiger partial charge in [-0.25, -0.2) is 0 Å². The van der Waals surface area contributed by atoms with Gasteiger partial charge in [-0.2, -0.15) is 0 Å². The fourth-order valence-corrected chi connectivity index (χ4v) is 1.45. The number of hydrogen-bond donors (Lipinski definition) is 2. The predicted octanol–water partition coefficient (Wildman–Crippen LogP) is 3.07. The van der Waals surface area contributed by atoms with E-state index in [1.165, 1.54) is 18.2 Å². The first-order valence-electron chi connectivity index (χ1n) is 5.74. The maximum absolute atomic E-state index is 12.2.